The molecule has 7 nitrogen and oxygen atoms in total. The van der Waals surface area contributed by atoms with Gasteiger partial charge in [-0.05, 0) is 48.4 Å². The SMILES string of the molecule is COc1cc(Br)c(CCC(=O)Nc2ccc(S(N)(=O)=O)cc2)cc1OC. The van der Waals surface area contributed by atoms with E-state index in [-0.39, 0.29) is 17.2 Å². The summed E-state index contributed by atoms with van der Waals surface area (Å²) < 4.78 is 33.8. The van der Waals surface area contributed by atoms with Gasteiger partial charge in [0.25, 0.3) is 0 Å². The van der Waals surface area contributed by atoms with Crippen molar-refractivity contribution in [3.8, 4) is 11.5 Å². The molecular weight excluding hydrogens is 424 g/mol. The quantitative estimate of drug-likeness (QED) is 0.684. The number of hydrogen-bond acceptors (Lipinski definition) is 5. The standard InChI is InChI=1S/C17H19BrN2O5S/c1-24-15-9-11(14(18)10-16(15)25-2)3-8-17(21)20-12-4-6-13(7-5-12)26(19,22)23/h4-7,9-10H,3,8H2,1-2H3,(H,20,21)(H2,19,22,23). The molecule has 2 aromatic rings. The zero-order chi connectivity index (χ0) is 19.3. The van der Waals surface area contributed by atoms with E-state index in [1.165, 1.54) is 24.3 Å². The third-order valence-electron chi connectivity index (χ3n) is 3.64. The summed E-state index contributed by atoms with van der Waals surface area (Å²) in [5, 5.41) is 7.76. The summed E-state index contributed by atoms with van der Waals surface area (Å²) in [7, 11) is -0.648. The highest BCUT2D eigenvalue weighted by atomic mass is 79.9. The molecule has 0 unspecified atom stereocenters. The van der Waals surface area contributed by atoms with Crippen LogP contribution >= 0.6 is 15.9 Å². The summed E-state index contributed by atoms with van der Waals surface area (Å²) in [5.74, 6) is 0.988. The van der Waals surface area contributed by atoms with Crippen LogP contribution in [0.5, 0.6) is 11.5 Å². The van der Waals surface area contributed by atoms with E-state index in [4.69, 9.17) is 14.6 Å². The van der Waals surface area contributed by atoms with Crippen molar-refractivity contribution in [3.63, 3.8) is 0 Å². The number of benzene rings is 2. The Labute approximate surface area is 160 Å². The van der Waals surface area contributed by atoms with Crippen LogP contribution in [0.4, 0.5) is 5.69 Å². The minimum absolute atomic E-state index is 0.00948. The second kappa shape index (κ2) is 8.52. The molecule has 140 valence electrons. The summed E-state index contributed by atoms with van der Waals surface area (Å²) in [6.07, 6.45) is 0.729. The molecule has 0 bridgehead atoms. The first kappa shape index (κ1) is 20.2. The van der Waals surface area contributed by atoms with Crippen LogP contribution in [0.25, 0.3) is 0 Å². The first-order valence-electron chi connectivity index (χ1n) is 7.57. The topological polar surface area (TPSA) is 108 Å². The molecule has 0 heterocycles. The van der Waals surface area contributed by atoms with Crippen molar-refractivity contribution in [1.29, 1.82) is 0 Å². The van der Waals surface area contributed by atoms with Gasteiger partial charge >= 0.3 is 0 Å². The Morgan fingerprint density at radius 2 is 1.69 bits per heavy atom. The summed E-state index contributed by atoms with van der Waals surface area (Å²) in [6, 6.07) is 9.27. The molecule has 26 heavy (non-hydrogen) atoms. The predicted octanol–water partition coefficient (Wildman–Crippen LogP) is 2.69. The largest absolute Gasteiger partial charge is 0.493 e. The molecule has 0 atom stereocenters. The monoisotopic (exact) mass is 442 g/mol. The molecule has 9 heteroatoms. The Bertz CT molecular complexity index is 898. The summed E-state index contributed by atoms with van der Waals surface area (Å²) in [4.78, 5) is 12.1. The Morgan fingerprint density at radius 1 is 1.12 bits per heavy atom. The summed E-state index contributed by atoms with van der Waals surface area (Å²) >= 11 is 3.46. The van der Waals surface area contributed by atoms with Gasteiger partial charge in [0.1, 0.15) is 0 Å². The molecule has 0 aliphatic carbocycles. The predicted molar refractivity (Wildman–Crippen MR) is 102 cm³/mol. The Hall–Kier alpha value is -2.10. The maximum atomic E-state index is 12.1. The number of anilines is 1. The van der Waals surface area contributed by atoms with E-state index in [1.54, 1.807) is 20.3 Å². The smallest absolute Gasteiger partial charge is 0.238 e. The number of amides is 1. The highest BCUT2D eigenvalue weighted by molar-refractivity contribution is 9.10. The fraction of sp³-hybridized carbons (Fsp3) is 0.235. The zero-order valence-corrected chi connectivity index (χ0v) is 16.7. The van der Waals surface area contributed by atoms with E-state index in [1.807, 2.05) is 6.07 Å². The number of aryl methyl sites for hydroxylation is 1. The number of methoxy groups -OCH3 is 2. The van der Waals surface area contributed by atoms with Crippen molar-refractivity contribution in [2.75, 3.05) is 19.5 Å². The third-order valence-corrected chi connectivity index (χ3v) is 5.31. The lowest BCUT2D eigenvalue weighted by molar-refractivity contribution is -0.116. The minimum atomic E-state index is -3.75. The molecule has 0 aliphatic heterocycles. The summed E-state index contributed by atoms with van der Waals surface area (Å²) in [5.41, 5.74) is 1.40. The van der Waals surface area contributed by atoms with E-state index < -0.39 is 10.0 Å². The van der Waals surface area contributed by atoms with Gasteiger partial charge in [-0.15, -0.1) is 0 Å². The number of halogens is 1. The van der Waals surface area contributed by atoms with Gasteiger partial charge in [-0.1, -0.05) is 15.9 Å². The molecule has 0 saturated carbocycles. The Morgan fingerprint density at radius 3 is 2.23 bits per heavy atom. The normalized spacial score (nSPS) is 11.1. The van der Waals surface area contributed by atoms with Gasteiger partial charge in [-0.2, -0.15) is 0 Å². The lowest BCUT2D eigenvalue weighted by atomic mass is 10.1. The third kappa shape index (κ3) is 5.20. The maximum Gasteiger partial charge on any atom is 0.238 e. The number of carbonyl (C=O) groups excluding carboxylic acids is 1. The van der Waals surface area contributed by atoms with Crippen molar-refractivity contribution >= 4 is 37.5 Å². The fourth-order valence-electron chi connectivity index (χ4n) is 2.29. The molecule has 0 fully saturated rings. The fourth-order valence-corrected chi connectivity index (χ4v) is 3.32. The van der Waals surface area contributed by atoms with Crippen LogP contribution < -0.4 is 19.9 Å². The molecule has 2 aromatic carbocycles. The lowest BCUT2D eigenvalue weighted by Crippen LogP contribution is -2.14. The molecule has 0 aliphatic rings. The van der Waals surface area contributed by atoms with E-state index in [2.05, 4.69) is 21.2 Å². The van der Waals surface area contributed by atoms with Crippen molar-refractivity contribution in [2.45, 2.75) is 17.7 Å². The number of ether oxygens (including phenoxy) is 2. The van der Waals surface area contributed by atoms with Gasteiger partial charge in [0, 0.05) is 16.6 Å². The van der Waals surface area contributed by atoms with Crippen LogP contribution in [-0.4, -0.2) is 28.5 Å². The van der Waals surface area contributed by atoms with E-state index in [0.29, 0.717) is 23.6 Å². The summed E-state index contributed by atoms with van der Waals surface area (Å²) in [6.45, 7) is 0. The molecule has 2 rings (SSSR count). The number of nitrogens with one attached hydrogen (secondary N) is 1. The van der Waals surface area contributed by atoms with Crippen molar-refractivity contribution < 1.29 is 22.7 Å². The average molecular weight is 443 g/mol. The first-order valence-corrected chi connectivity index (χ1v) is 9.91. The number of carbonyl (C=O) groups is 1. The van der Waals surface area contributed by atoms with E-state index in [9.17, 15) is 13.2 Å². The number of rotatable bonds is 7. The van der Waals surface area contributed by atoms with Gasteiger partial charge in [-0.25, -0.2) is 13.6 Å². The molecule has 0 radical (unpaired) electrons. The molecule has 1 amide bonds. The van der Waals surface area contributed by atoms with Crippen molar-refractivity contribution in [2.24, 2.45) is 5.14 Å². The molecule has 3 N–H and O–H groups in total. The van der Waals surface area contributed by atoms with Crippen LogP contribution in [0.1, 0.15) is 12.0 Å². The zero-order valence-electron chi connectivity index (χ0n) is 14.3. The highest BCUT2D eigenvalue weighted by Crippen LogP contribution is 2.33. The van der Waals surface area contributed by atoms with Crippen LogP contribution in [0.2, 0.25) is 0 Å². The number of primary sulfonamides is 1. The first-order chi connectivity index (χ1) is 12.2. The second-order valence-electron chi connectivity index (χ2n) is 5.42. The number of hydrogen-bond donors (Lipinski definition) is 2. The van der Waals surface area contributed by atoms with Gasteiger partial charge in [-0.3, -0.25) is 4.79 Å². The Balaban J connectivity index is 2.01. The number of sulfonamides is 1. The lowest BCUT2D eigenvalue weighted by Gasteiger charge is -2.12. The average Bonchev–Trinajstić information content (AvgIpc) is 2.60. The number of nitrogens with two attached hydrogens (primary N) is 1. The Kier molecular flexibility index (Phi) is 6.63. The van der Waals surface area contributed by atoms with Gasteiger partial charge in [0.05, 0.1) is 19.1 Å². The van der Waals surface area contributed by atoms with Gasteiger partial charge in [0.15, 0.2) is 11.5 Å². The maximum absolute atomic E-state index is 12.1. The van der Waals surface area contributed by atoms with Crippen molar-refractivity contribution in [1.82, 2.24) is 0 Å². The molecule has 0 spiro atoms. The molecule has 0 saturated heterocycles. The molecule has 0 aromatic heterocycles. The van der Waals surface area contributed by atoms with E-state index >= 15 is 0 Å². The second-order valence-corrected chi connectivity index (χ2v) is 7.83. The van der Waals surface area contributed by atoms with Crippen molar-refractivity contribution in [3.05, 3.63) is 46.4 Å². The van der Waals surface area contributed by atoms with Crippen LogP contribution in [0, 0.1) is 0 Å². The van der Waals surface area contributed by atoms with Crippen LogP contribution in [0.3, 0.4) is 0 Å². The van der Waals surface area contributed by atoms with Gasteiger partial charge in [0.2, 0.25) is 15.9 Å². The highest BCUT2D eigenvalue weighted by Gasteiger charge is 2.12. The van der Waals surface area contributed by atoms with Crippen LogP contribution in [0.15, 0.2) is 45.8 Å². The van der Waals surface area contributed by atoms with Crippen LogP contribution in [-0.2, 0) is 21.2 Å². The van der Waals surface area contributed by atoms with E-state index in [0.717, 1.165) is 10.0 Å². The molecular formula is C17H19BrN2O5S. The minimum Gasteiger partial charge on any atom is -0.493 e. The van der Waals surface area contributed by atoms with Gasteiger partial charge < -0.3 is 14.8 Å².